The van der Waals surface area contributed by atoms with E-state index in [4.69, 9.17) is 4.74 Å². The van der Waals surface area contributed by atoms with Gasteiger partial charge in [-0.15, -0.1) is 0 Å². The second kappa shape index (κ2) is 10.5. The minimum absolute atomic E-state index is 0.312. The number of alkyl halides is 3. The van der Waals surface area contributed by atoms with Crippen LogP contribution in [0.1, 0.15) is 47.3 Å². The van der Waals surface area contributed by atoms with Crippen molar-refractivity contribution < 1.29 is 37.1 Å². The van der Waals surface area contributed by atoms with Gasteiger partial charge in [0.1, 0.15) is 12.4 Å². The molecule has 1 aromatic heterocycles. The number of fused-ring (bicyclic) bond motifs is 1. The average Bonchev–Trinajstić information content (AvgIpc) is 2.84. The molecule has 8 nitrogen and oxygen atoms in total. The summed E-state index contributed by atoms with van der Waals surface area (Å²) in [6, 6.07) is 16.2. The average molecular weight is 515 g/mol. The number of amides is 2. The van der Waals surface area contributed by atoms with Crippen LogP contribution in [-0.2, 0) is 21.0 Å². The maximum Gasteiger partial charge on any atom is 0.493 e. The van der Waals surface area contributed by atoms with Gasteiger partial charge < -0.3 is 14.9 Å². The molecule has 2 aromatic carbocycles. The lowest BCUT2D eigenvalue weighted by Crippen LogP contribution is -2.56. The first-order valence-electron chi connectivity index (χ1n) is 11.5. The van der Waals surface area contributed by atoms with E-state index in [1.54, 1.807) is 24.3 Å². The molecule has 1 aliphatic carbocycles. The Bertz CT molecular complexity index is 1320. The molecule has 0 spiro atoms. The molecule has 1 heterocycles. The highest BCUT2D eigenvalue weighted by Crippen LogP contribution is 2.35. The number of ether oxygens (including phenoxy) is 1. The molecule has 2 amide bonds. The summed E-state index contributed by atoms with van der Waals surface area (Å²) >= 11 is 0. The molecule has 37 heavy (non-hydrogen) atoms. The van der Waals surface area contributed by atoms with Crippen molar-refractivity contribution in [3.8, 4) is 5.75 Å². The monoisotopic (exact) mass is 515 g/mol. The Morgan fingerprint density at radius 3 is 2.41 bits per heavy atom. The highest BCUT2D eigenvalue weighted by Gasteiger charge is 2.43. The molecule has 1 aliphatic rings. The molecular weight excluding hydrogens is 491 g/mol. The molecule has 0 aliphatic heterocycles. The first kappa shape index (κ1) is 25.9. The summed E-state index contributed by atoms with van der Waals surface area (Å²) in [6.07, 6.45) is -3.91. The second-order valence-electron chi connectivity index (χ2n) is 8.93. The number of rotatable bonds is 7. The predicted octanol–water partition coefficient (Wildman–Crippen LogP) is 4.30. The molecular formula is C26H24F3N3O5. The number of carbonyl (C=O) groups is 3. The van der Waals surface area contributed by atoms with E-state index in [0.717, 1.165) is 28.6 Å². The normalized spacial score (nSPS) is 14.4. The van der Waals surface area contributed by atoms with E-state index < -0.39 is 29.5 Å². The number of aryl methyl sites for hydroxylation is 1. The lowest BCUT2D eigenvalue weighted by atomic mass is 9.74. The van der Waals surface area contributed by atoms with Crippen molar-refractivity contribution in [2.45, 2.75) is 50.9 Å². The zero-order chi connectivity index (χ0) is 26.6. The summed E-state index contributed by atoms with van der Waals surface area (Å²) in [6.45, 7) is 2.23. The highest BCUT2D eigenvalue weighted by atomic mass is 19.4. The van der Waals surface area contributed by atoms with Crippen LogP contribution in [0.5, 0.6) is 5.75 Å². The Kier molecular flexibility index (Phi) is 7.33. The number of nitrogens with one attached hydrogen (secondary N) is 2. The van der Waals surface area contributed by atoms with E-state index in [0.29, 0.717) is 30.8 Å². The topological polar surface area (TPSA) is 107 Å². The van der Waals surface area contributed by atoms with Crippen molar-refractivity contribution in [1.82, 2.24) is 15.8 Å². The van der Waals surface area contributed by atoms with Crippen LogP contribution in [0.25, 0.3) is 10.9 Å². The molecule has 0 unspecified atom stereocenters. The zero-order valence-electron chi connectivity index (χ0n) is 19.9. The molecule has 2 N–H and O–H groups in total. The van der Waals surface area contributed by atoms with Gasteiger partial charge in [0.05, 0.1) is 11.9 Å². The Labute approximate surface area is 210 Å². The molecule has 0 radical (unpaired) electrons. The van der Waals surface area contributed by atoms with Crippen LogP contribution < -0.4 is 15.5 Å². The minimum atomic E-state index is -5.23. The maximum absolute atomic E-state index is 12.8. The van der Waals surface area contributed by atoms with E-state index in [1.165, 1.54) is 5.48 Å². The number of carbonyl (C=O) groups excluding carboxylic acids is 3. The highest BCUT2D eigenvalue weighted by molar-refractivity contribution is 5.95. The predicted molar refractivity (Wildman–Crippen MR) is 126 cm³/mol. The lowest BCUT2D eigenvalue weighted by molar-refractivity contribution is -0.207. The second-order valence-corrected chi connectivity index (χ2v) is 8.93. The molecule has 3 aromatic rings. The van der Waals surface area contributed by atoms with E-state index >= 15 is 0 Å². The number of para-hydroxylation sites is 1. The van der Waals surface area contributed by atoms with E-state index in [1.807, 2.05) is 37.3 Å². The van der Waals surface area contributed by atoms with E-state index in [9.17, 15) is 27.6 Å². The van der Waals surface area contributed by atoms with Crippen molar-refractivity contribution in [2.75, 3.05) is 0 Å². The number of hydrogen-bond donors (Lipinski definition) is 2. The van der Waals surface area contributed by atoms with Gasteiger partial charge in [0.15, 0.2) is 0 Å². The van der Waals surface area contributed by atoms with Crippen LogP contribution in [0.15, 0.2) is 54.6 Å². The van der Waals surface area contributed by atoms with Crippen molar-refractivity contribution in [2.24, 2.45) is 0 Å². The minimum Gasteiger partial charge on any atom is -0.489 e. The molecule has 0 bridgehead atoms. The van der Waals surface area contributed by atoms with Gasteiger partial charge in [-0.25, -0.2) is 4.79 Å². The summed E-state index contributed by atoms with van der Waals surface area (Å²) in [5, 5.41) is 3.78. The van der Waals surface area contributed by atoms with Crippen molar-refractivity contribution in [3.63, 3.8) is 0 Å². The number of pyridine rings is 1. The largest absolute Gasteiger partial charge is 0.493 e. The third kappa shape index (κ3) is 6.35. The van der Waals surface area contributed by atoms with Gasteiger partial charge in [-0.1, -0.05) is 18.2 Å². The van der Waals surface area contributed by atoms with E-state index in [-0.39, 0.29) is 6.42 Å². The van der Waals surface area contributed by atoms with Crippen molar-refractivity contribution >= 4 is 28.7 Å². The number of nitrogens with zero attached hydrogens (tertiary/aromatic N) is 1. The quantitative estimate of drug-likeness (QED) is 0.455. The van der Waals surface area contributed by atoms with Crippen LogP contribution in [-0.4, -0.2) is 34.5 Å². The Hall–Kier alpha value is -4.15. The number of hydrogen-bond acceptors (Lipinski definition) is 6. The Morgan fingerprint density at radius 2 is 1.76 bits per heavy atom. The van der Waals surface area contributed by atoms with Gasteiger partial charge in [0.25, 0.3) is 11.8 Å². The lowest BCUT2D eigenvalue weighted by Gasteiger charge is -2.42. The number of aromatic nitrogens is 1. The summed E-state index contributed by atoms with van der Waals surface area (Å²) in [4.78, 5) is 43.8. The standard InChI is InChI=1S/C26H24F3N3O5/c1-16-13-18(20-5-2-3-6-21(20)30-16)15-36-19-9-7-17(8-10-19)23(34)31-25(11-4-12-25)14-22(33)32-37-24(35)26(27,28)29/h2-3,5-10,13H,4,11-12,14-15H2,1H3,(H,31,34)(H,32,33). The van der Waals surface area contributed by atoms with Gasteiger partial charge in [0.2, 0.25) is 0 Å². The fourth-order valence-electron chi connectivity index (χ4n) is 4.14. The third-order valence-electron chi connectivity index (χ3n) is 6.12. The van der Waals surface area contributed by atoms with Crippen molar-refractivity contribution in [3.05, 3.63) is 71.4 Å². The number of hydroxylamine groups is 1. The summed E-state index contributed by atoms with van der Waals surface area (Å²) in [7, 11) is 0. The third-order valence-corrected chi connectivity index (χ3v) is 6.12. The molecule has 0 atom stereocenters. The first-order chi connectivity index (χ1) is 17.5. The molecule has 1 saturated carbocycles. The number of benzene rings is 2. The Morgan fingerprint density at radius 1 is 1.05 bits per heavy atom. The molecule has 11 heteroatoms. The summed E-state index contributed by atoms with van der Waals surface area (Å²) in [5.41, 5.74) is 3.63. The fraction of sp³-hybridized carbons (Fsp3) is 0.308. The molecule has 4 rings (SSSR count). The fourth-order valence-corrected chi connectivity index (χ4v) is 4.14. The maximum atomic E-state index is 12.8. The van der Waals surface area contributed by atoms with E-state index in [2.05, 4.69) is 15.1 Å². The molecule has 1 fully saturated rings. The summed E-state index contributed by atoms with van der Waals surface area (Å²) in [5.74, 6) is -3.36. The van der Waals surface area contributed by atoms with Crippen molar-refractivity contribution in [1.29, 1.82) is 0 Å². The van der Waals surface area contributed by atoms with Crippen LogP contribution in [0.4, 0.5) is 13.2 Å². The molecule has 0 saturated heterocycles. The van der Waals surface area contributed by atoms with Gasteiger partial charge in [-0.3, -0.25) is 14.6 Å². The molecule has 194 valence electrons. The van der Waals surface area contributed by atoms with Crippen LogP contribution in [0.2, 0.25) is 0 Å². The smallest absolute Gasteiger partial charge is 0.489 e. The zero-order valence-corrected chi connectivity index (χ0v) is 19.9. The van der Waals surface area contributed by atoms with Gasteiger partial charge >= 0.3 is 12.1 Å². The van der Waals surface area contributed by atoms with Gasteiger partial charge in [-0.2, -0.15) is 18.7 Å². The van der Waals surface area contributed by atoms with Gasteiger partial charge in [-0.05, 0) is 62.6 Å². The Balaban J connectivity index is 1.33. The van der Waals surface area contributed by atoms with Crippen LogP contribution >= 0.6 is 0 Å². The summed E-state index contributed by atoms with van der Waals surface area (Å²) < 4.78 is 42.6. The van der Waals surface area contributed by atoms with Crippen LogP contribution in [0.3, 0.4) is 0 Å². The SMILES string of the molecule is Cc1cc(COc2ccc(C(=O)NC3(CC(=O)NOC(=O)C(F)(F)F)CCC3)cc2)c2ccccc2n1. The van der Waals surface area contributed by atoms with Crippen LogP contribution in [0, 0.1) is 6.92 Å². The first-order valence-corrected chi connectivity index (χ1v) is 11.5. The van der Waals surface area contributed by atoms with Gasteiger partial charge in [0, 0.05) is 27.7 Å². The number of halogens is 3.